The number of aryl methyl sites for hydroxylation is 1. The van der Waals surface area contributed by atoms with Crippen LogP contribution in [0.5, 0.6) is 5.75 Å². The van der Waals surface area contributed by atoms with E-state index in [9.17, 15) is 14.4 Å². The number of carbonyl (C=O) groups is 3. The maximum Gasteiger partial charge on any atom is 0.355 e. The molecule has 2 aromatic rings. The number of carbonyl (C=O) groups excluding carboxylic acids is 3. The van der Waals surface area contributed by atoms with Gasteiger partial charge >= 0.3 is 11.9 Å². The average molecular weight is 388 g/mol. The van der Waals surface area contributed by atoms with Gasteiger partial charge in [-0.25, -0.2) is 9.59 Å². The number of hydrogen-bond donors (Lipinski definition) is 2. The molecule has 0 fully saturated rings. The molecule has 0 aliphatic carbocycles. The number of para-hydroxylation sites is 2. The first kappa shape index (κ1) is 21.0. The quantitative estimate of drug-likeness (QED) is 0.706. The lowest BCUT2D eigenvalue weighted by Gasteiger charge is -2.15. The minimum absolute atomic E-state index is 0.192. The maximum absolute atomic E-state index is 12.6. The predicted octanol–water partition coefficient (Wildman–Crippen LogP) is 3.00. The number of amides is 1. The minimum Gasteiger partial charge on any atom is -0.495 e. The van der Waals surface area contributed by atoms with Crippen LogP contribution >= 0.6 is 0 Å². The van der Waals surface area contributed by atoms with E-state index in [4.69, 9.17) is 14.2 Å². The number of aromatic nitrogens is 1. The van der Waals surface area contributed by atoms with Crippen molar-refractivity contribution in [3.05, 3.63) is 46.8 Å². The van der Waals surface area contributed by atoms with E-state index >= 15 is 0 Å². The number of anilines is 1. The molecule has 1 atom stereocenters. The molecule has 0 saturated carbocycles. The smallest absolute Gasteiger partial charge is 0.355 e. The van der Waals surface area contributed by atoms with Crippen LogP contribution in [0.3, 0.4) is 0 Å². The van der Waals surface area contributed by atoms with Crippen molar-refractivity contribution < 1.29 is 28.6 Å². The number of H-pyrrole nitrogens is 1. The molecule has 1 aromatic heterocycles. The van der Waals surface area contributed by atoms with Gasteiger partial charge in [-0.3, -0.25) is 4.79 Å². The average Bonchev–Trinajstić information content (AvgIpc) is 2.96. The summed E-state index contributed by atoms with van der Waals surface area (Å²) in [6.07, 6.45) is -1.06. The fourth-order valence-corrected chi connectivity index (χ4v) is 2.72. The van der Waals surface area contributed by atoms with Gasteiger partial charge in [-0.15, -0.1) is 0 Å². The van der Waals surface area contributed by atoms with E-state index in [0.717, 1.165) is 0 Å². The summed E-state index contributed by atoms with van der Waals surface area (Å²) in [6, 6.07) is 6.90. The van der Waals surface area contributed by atoms with Gasteiger partial charge in [-0.1, -0.05) is 12.1 Å². The zero-order valence-electron chi connectivity index (χ0n) is 16.5. The van der Waals surface area contributed by atoms with E-state index in [1.807, 2.05) is 0 Å². The Morgan fingerprint density at radius 2 is 1.82 bits per heavy atom. The van der Waals surface area contributed by atoms with Gasteiger partial charge in [0.2, 0.25) is 0 Å². The fourth-order valence-electron chi connectivity index (χ4n) is 2.72. The molecule has 150 valence electrons. The highest BCUT2D eigenvalue weighted by atomic mass is 16.5. The van der Waals surface area contributed by atoms with Crippen molar-refractivity contribution in [1.29, 1.82) is 0 Å². The van der Waals surface area contributed by atoms with Gasteiger partial charge in [-0.05, 0) is 45.4 Å². The standard InChI is InChI=1S/C20H24N2O6/c1-6-27-20(25)17-11(2)16(12(3)21-17)19(24)28-13(4)18(23)22-14-9-7-8-10-15(14)26-5/h7-10,13,21H,6H2,1-5H3,(H,22,23)/t13-/m1/s1. The van der Waals surface area contributed by atoms with Gasteiger partial charge in [0, 0.05) is 5.69 Å². The van der Waals surface area contributed by atoms with Gasteiger partial charge in [-0.2, -0.15) is 0 Å². The number of rotatable bonds is 7. The topological polar surface area (TPSA) is 107 Å². The highest BCUT2D eigenvalue weighted by Crippen LogP contribution is 2.24. The van der Waals surface area contributed by atoms with Crippen LogP contribution in [0.25, 0.3) is 0 Å². The molecule has 2 N–H and O–H groups in total. The third-order valence-corrected chi connectivity index (χ3v) is 4.14. The minimum atomic E-state index is -1.06. The Balaban J connectivity index is 2.12. The predicted molar refractivity (Wildman–Crippen MR) is 103 cm³/mol. The highest BCUT2D eigenvalue weighted by molar-refractivity contribution is 6.01. The molecular weight excluding hydrogens is 364 g/mol. The number of ether oxygens (including phenoxy) is 3. The van der Waals surface area contributed by atoms with E-state index in [1.54, 1.807) is 45.0 Å². The molecule has 0 spiro atoms. The van der Waals surface area contributed by atoms with E-state index in [2.05, 4.69) is 10.3 Å². The van der Waals surface area contributed by atoms with Gasteiger partial charge in [0.05, 0.1) is 25.0 Å². The fraction of sp³-hybridized carbons (Fsp3) is 0.350. The van der Waals surface area contributed by atoms with Gasteiger partial charge in [0.1, 0.15) is 11.4 Å². The Morgan fingerprint density at radius 1 is 1.14 bits per heavy atom. The molecule has 0 saturated heterocycles. The SMILES string of the molecule is CCOC(=O)c1[nH]c(C)c(C(=O)O[C@H](C)C(=O)Nc2ccccc2OC)c1C. The number of benzene rings is 1. The van der Waals surface area contributed by atoms with E-state index < -0.39 is 23.9 Å². The Kier molecular flexibility index (Phi) is 6.81. The molecule has 28 heavy (non-hydrogen) atoms. The van der Waals surface area contributed by atoms with Crippen LogP contribution in [0, 0.1) is 13.8 Å². The van der Waals surface area contributed by atoms with Crippen LogP contribution in [-0.4, -0.2) is 42.7 Å². The Bertz CT molecular complexity index is 887. The number of nitrogens with one attached hydrogen (secondary N) is 2. The Hall–Kier alpha value is -3.29. The van der Waals surface area contributed by atoms with Crippen LogP contribution in [0.4, 0.5) is 5.69 Å². The van der Waals surface area contributed by atoms with Crippen LogP contribution in [0.2, 0.25) is 0 Å². The van der Waals surface area contributed by atoms with E-state index in [-0.39, 0.29) is 17.9 Å². The van der Waals surface area contributed by atoms with Crippen molar-refractivity contribution in [2.45, 2.75) is 33.8 Å². The lowest BCUT2D eigenvalue weighted by molar-refractivity contribution is -0.123. The number of esters is 2. The highest BCUT2D eigenvalue weighted by Gasteiger charge is 2.27. The molecule has 8 nitrogen and oxygen atoms in total. The molecule has 0 bridgehead atoms. The third kappa shape index (κ3) is 4.51. The molecule has 1 aromatic carbocycles. The van der Waals surface area contributed by atoms with Crippen molar-refractivity contribution in [3.8, 4) is 5.75 Å². The first-order valence-electron chi connectivity index (χ1n) is 8.81. The molecule has 0 radical (unpaired) electrons. The zero-order valence-corrected chi connectivity index (χ0v) is 16.5. The second-order valence-corrected chi connectivity index (χ2v) is 6.08. The lowest BCUT2D eigenvalue weighted by atomic mass is 10.1. The van der Waals surface area contributed by atoms with E-state index in [1.165, 1.54) is 14.0 Å². The maximum atomic E-state index is 12.6. The number of hydrogen-bond acceptors (Lipinski definition) is 6. The summed E-state index contributed by atoms with van der Waals surface area (Å²) in [5.74, 6) is -1.27. The summed E-state index contributed by atoms with van der Waals surface area (Å²) in [6.45, 7) is 6.64. The largest absolute Gasteiger partial charge is 0.495 e. The summed E-state index contributed by atoms with van der Waals surface area (Å²) < 4.78 is 15.4. The van der Waals surface area contributed by atoms with Crippen molar-refractivity contribution in [2.24, 2.45) is 0 Å². The molecule has 0 aliphatic rings. The second kappa shape index (κ2) is 9.07. The molecular formula is C20H24N2O6. The van der Waals surface area contributed by atoms with E-state index in [0.29, 0.717) is 22.7 Å². The van der Waals surface area contributed by atoms with Crippen LogP contribution in [0.15, 0.2) is 24.3 Å². The normalized spacial score (nSPS) is 11.5. The van der Waals surface area contributed by atoms with Crippen molar-refractivity contribution in [2.75, 3.05) is 19.0 Å². The lowest BCUT2D eigenvalue weighted by Crippen LogP contribution is -2.30. The number of aromatic amines is 1. The first-order valence-corrected chi connectivity index (χ1v) is 8.81. The van der Waals surface area contributed by atoms with Gasteiger partial charge in [0.15, 0.2) is 6.10 Å². The van der Waals surface area contributed by atoms with Crippen molar-refractivity contribution >= 4 is 23.5 Å². The molecule has 0 aliphatic heterocycles. The summed E-state index contributed by atoms with van der Waals surface area (Å²) >= 11 is 0. The zero-order chi connectivity index (χ0) is 20.8. The van der Waals surface area contributed by atoms with Crippen molar-refractivity contribution in [1.82, 2.24) is 4.98 Å². The third-order valence-electron chi connectivity index (χ3n) is 4.14. The van der Waals surface area contributed by atoms with Gasteiger partial charge in [0.25, 0.3) is 5.91 Å². The summed E-state index contributed by atoms with van der Waals surface area (Å²) in [5, 5.41) is 2.66. The molecule has 2 rings (SSSR count). The molecule has 8 heteroatoms. The van der Waals surface area contributed by atoms with Crippen molar-refractivity contribution in [3.63, 3.8) is 0 Å². The molecule has 1 amide bonds. The second-order valence-electron chi connectivity index (χ2n) is 6.08. The summed E-state index contributed by atoms with van der Waals surface area (Å²) in [7, 11) is 1.49. The summed E-state index contributed by atoms with van der Waals surface area (Å²) in [4.78, 5) is 39.8. The molecule has 1 heterocycles. The number of methoxy groups -OCH3 is 1. The Morgan fingerprint density at radius 3 is 2.46 bits per heavy atom. The first-order chi connectivity index (χ1) is 13.3. The molecule has 0 unspecified atom stereocenters. The van der Waals surface area contributed by atoms with Gasteiger partial charge < -0.3 is 24.5 Å². The van der Waals surface area contributed by atoms with Crippen LogP contribution in [-0.2, 0) is 14.3 Å². The Labute approximate surface area is 163 Å². The van der Waals surface area contributed by atoms with Crippen LogP contribution in [0.1, 0.15) is 46.0 Å². The monoisotopic (exact) mass is 388 g/mol. The summed E-state index contributed by atoms with van der Waals surface area (Å²) in [5.41, 5.74) is 1.75. The van der Waals surface area contributed by atoms with Crippen LogP contribution < -0.4 is 10.1 Å².